The van der Waals surface area contributed by atoms with Gasteiger partial charge in [-0.15, -0.1) is 0 Å². The third-order valence-electron chi connectivity index (χ3n) is 3.81. The molecule has 20 heavy (non-hydrogen) atoms. The summed E-state index contributed by atoms with van der Waals surface area (Å²) in [5.41, 5.74) is 6.53. The zero-order valence-electron chi connectivity index (χ0n) is 12.1. The van der Waals surface area contributed by atoms with Gasteiger partial charge in [0.15, 0.2) is 0 Å². The van der Waals surface area contributed by atoms with Gasteiger partial charge in [-0.05, 0) is 50.6 Å². The number of anilines is 1. The Bertz CT molecular complexity index is 504. The average Bonchev–Trinajstić information content (AvgIpc) is 2.43. The first-order valence-corrected chi connectivity index (χ1v) is 7.10. The van der Waals surface area contributed by atoms with Crippen LogP contribution in [0.5, 0.6) is 0 Å². The number of hydrogen-bond donors (Lipinski definition) is 2. The topological polar surface area (TPSA) is 58.4 Å². The van der Waals surface area contributed by atoms with Crippen LogP contribution in [0.25, 0.3) is 0 Å². The van der Waals surface area contributed by atoms with Gasteiger partial charge in [0.05, 0.1) is 5.56 Å². The van der Waals surface area contributed by atoms with E-state index < -0.39 is 5.82 Å². The lowest BCUT2D eigenvalue weighted by atomic mass is 10.0. The SMILES string of the molecule is CCN1CCCC(NC(=O)c2cc(N)cc(C)c2F)C1. The maximum atomic E-state index is 14.0. The van der Waals surface area contributed by atoms with Gasteiger partial charge in [-0.25, -0.2) is 4.39 Å². The largest absolute Gasteiger partial charge is 0.399 e. The number of carbonyl (C=O) groups is 1. The summed E-state index contributed by atoms with van der Waals surface area (Å²) in [4.78, 5) is 14.5. The fraction of sp³-hybridized carbons (Fsp3) is 0.533. The normalized spacial score (nSPS) is 19.9. The number of halogens is 1. The van der Waals surface area contributed by atoms with Crippen LogP contribution in [0.4, 0.5) is 10.1 Å². The molecule has 4 nitrogen and oxygen atoms in total. The molecular weight excluding hydrogens is 257 g/mol. The molecule has 0 aliphatic carbocycles. The maximum absolute atomic E-state index is 14.0. The van der Waals surface area contributed by atoms with Crippen LogP contribution in [0.2, 0.25) is 0 Å². The van der Waals surface area contributed by atoms with E-state index in [1.807, 2.05) is 0 Å². The van der Waals surface area contributed by atoms with E-state index >= 15 is 0 Å². The van der Waals surface area contributed by atoms with Gasteiger partial charge in [-0.2, -0.15) is 0 Å². The number of piperidine rings is 1. The Hall–Kier alpha value is -1.62. The predicted octanol–water partition coefficient (Wildman–Crippen LogP) is 1.93. The minimum Gasteiger partial charge on any atom is -0.399 e. The molecule has 1 aliphatic rings. The molecule has 110 valence electrons. The van der Waals surface area contributed by atoms with E-state index in [4.69, 9.17) is 5.73 Å². The lowest BCUT2D eigenvalue weighted by Gasteiger charge is -2.32. The first-order chi connectivity index (χ1) is 9.51. The molecule has 1 atom stereocenters. The third kappa shape index (κ3) is 3.28. The number of benzene rings is 1. The molecule has 3 N–H and O–H groups in total. The molecule has 5 heteroatoms. The van der Waals surface area contributed by atoms with Crippen molar-refractivity contribution in [2.45, 2.75) is 32.7 Å². The van der Waals surface area contributed by atoms with Crippen molar-refractivity contribution in [2.75, 3.05) is 25.4 Å². The van der Waals surface area contributed by atoms with E-state index in [1.54, 1.807) is 6.92 Å². The first kappa shape index (κ1) is 14.8. The summed E-state index contributed by atoms with van der Waals surface area (Å²) in [5, 5.41) is 2.92. The van der Waals surface area contributed by atoms with E-state index in [2.05, 4.69) is 17.1 Å². The van der Waals surface area contributed by atoms with Gasteiger partial charge in [0.2, 0.25) is 0 Å². The van der Waals surface area contributed by atoms with Crippen LogP contribution in [0, 0.1) is 12.7 Å². The second kappa shape index (κ2) is 6.22. The minimum atomic E-state index is -0.486. The van der Waals surface area contributed by atoms with Crippen molar-refractivity contribution in [1.82, 2.24) is 10.2 Å². The Morgan fingerprint density at radius 1 is 1.55 bits per heavy atom. The molecular formula is C15H22FN3O. The number of nitrogens with one attached hydrogen (secondary N) is 1. The maximum Gasteiger partial charge on any atom is 0.254 e. The number of likely N-dealkylation sites (N-methyl/N-ethyl adjacent to an activating group) is 1. The number of rotatable bonds is 3. The van der Waals surface area contributed by atoms with E-state index in [9.17, 15) is 9.18 Å². The van der Waals surface area contributed by atoms with Gasteiger partial charge in [0.25, 0.3) is 5.91 Å². The molecule has 1 amide bonds. The van der Waals surface area contributed by atoms with Gasteiger partial charge in [-0.3, -0.25) is 4.79 Å². The molecule has 0 aromatic heterocycles. The molecule has 1 aromatic rings. The smallest absolute Gasteiger partial charge is 0.254 e. The molecule has 2 rings (SSSR count). The Kier molecular flexibility index (Phi) is 4.60. The molecule has 0 spiro atoms. The Morgan fingerprint density at radius 2 is 2.30 bits per heavy atom. The number of nitrogens with zero attached hydrogens (tertiary/aromatic N) is 1. The Balaban J connectivity index is 2.08. The molecule has 1 fully saturated rings. The van der Waals surface area contributed by atoms with Crippen molar-refractivity contribution in [3.05, 3.63) is 29.1 Å². The number of nitrogens with two attached hydrogens (primary N) is 1. The fourth-order valence-electron chi connectivity index (χ4n) is 2.69. The number of nitrogen functional groups attached to an aromatic ring is 1. The van der Waals surface area contributed by atoms with Gasteiger partial charge in [-0.1, -0.05) is 6.92 Å². The van der Waals surface area contributed by atoms with Gasteiger partial charge in [0.1, 0.15) is 5.82 Å². The molecule has 0 saturated carbocycles. The van der Waals surface area contributed by atoms with Crippen LogP contribution in [0.15, 0.2) is 12.1 Å². The van der Waals surface area contributed by atoms with Crippen LogP contribution in [-0.4, -0.2) is 36.5 Å². The quantitative estimate of drug-likeness (QED) is 0.831. The number of hydrogen-bond acceptors (Lipinski definition) is 3. The van der Waals surface area contributed by atoms with Crippen LogP contribution in [0.1, 0.15) is 35.7 Å². The van der Waals surface area contributed by atoms with Crippen molar-refractivity contribution < 1.29 is 9.18 Å². The molecule has 1 heterocycles. The van der Waals surface area contributed by atoms with Crippen molar-refractivity contribution >= 4 is 11.6 Å². The number of aryl methyl sites for hydroxylation is 1. The standard InChI is InChI=1S/C15H22FN3O/c1-3-19-6-4-5-12(9-19)18-15(20)13-8-11(17)7-10(2)14(13)16/h7-8,12H,3-6,9,17H2,1-2H3,(H,18,20). The van der Waals surface area contributed by atoms with Crippen molar-refractivity contribution in [1.29, 1.82) is 0 Å². The molecule has 1 aromatic carbocycles. The van der Waals surface area contributed by atoms with E-state index in [0.29, 0.717) is 11.3 Å². The van der Waals surface area contributed by atoms with Gasteiger partial charge in [0, 0.05) is 18.3 Å². The summed E-state index contributed by atoms with van der Waals surface area (Å²) in [6, 6.07) is 3.02. The lowest BCUT2D eigenvalue weighted by molar-refractivity contribution is 0.0901. The highest BCUT2D eigenvalue weighted by Crippen LogP contribution is 2.18. The van der Waals surface area contributed by atoms with Crippen LogP contribution in [0.3, 0.4) is 0 Å². The van der Waals surface area contributed by atoms with E-state index in [-0.39, 0.29) is 17.5 Å². The summed E-state index contributed by atoms with van der Waals surface area (Å²) in [7, 11) is 0. The van der Waals surface area contributed by atoms with Gasteiger partial charge >= 0.3 is 0 Å². The molecule has 1 saturated heterocycles. The van der Waals surface area contributed by atoms with Crippen LogP contribution in [-0.2, 0) is 0 Å². The average molecular weight is 279 g/mol. The minimum absolute atomic E-state index is 0.0381. The van der Waals surface area contributed by atoms with Crippen molar-refractivity contribution in [3.63, 3.8) is 0 Å². The van der Waals surface area contributed by atoms with Crippen LogP contribution >= 0.6 is 0 Å². The molecule has 1 aliphatic heterocycles. The first-order valence-electron chi connectivity index (χ1n) is 7.10. The zero-order chi connectivity index (χ0) is 14.7. The summed E-state index contributed by atoms with van der Waals surface area (Å²) in [5.74, 6) is -0.860. The summed E-state index contributed by atoms with van der Waals surface area (Å²) in [6.07, 6.45) is 1.99. The highest BCUT2D eigenvalue weighted by molar-refractivity contribution is 5.95. The summed E-state index contributed by atoms with van der Waals surface area (Å²) in [6.45, 7) is 6.57. The van der Waals surface area contributed by atoms with Crippen molar-refractivity contribution in [3.8, 4) is 0 Å². The lowest BCUT2D eigenvalue weighted by Crippen LogP contribution is -2.47. The third-order valence-corrected chi connectivity index (χ3v) is 3.81. The highest BCUT2D eigenvalue weighted by atomic mass is 19.1. The molecule has 1 unspecified atom stereocenters. The summed E-state index contributed by atoms with van der Waals surface area (Å²) < 4.78 is 14.0. The second-order valence-electron chi connectivity index (χ2n) is 5.41. The zero-order valence-corrected chi connectivity index (χ0v) is 12.1. The van der Waals surface area contributed by atoms with E-state index in [1.165, 1.54) is 12.1 Å². The second-order valence-corrected chi connectivity index (χ2v) is 5.41. The number of likely N-dealkylation sites (tertiary alicyclic amines) is 1. The number of amides is 1. The van der Waals surface area contributed by atoms with Crippen LogP contribution < -0.4 is 11.1 Å². The highest BCUT2D eigenvalue weighted by Gasteiger charge is 2.22. The predicted molar refractivity (Wildman–Crippen MR) is 78.2 cm³/mol. The monoisotopic (exact) mass is 279 g/mol. The van der Waals surface area contributed by atoms with Crippen molar-refractivity contribution in [2.24, 2.45) is 0 Å². The molecule has 0 radical (unpaired) electrons. The van der Waals surface area contributed by atoms with E-state index in [0.717, 1.165) is 32.5 Å². The number of carbonyl (C=O) groups excluding carboxylic acids is 1. The Labute approximate surface area is 119 Å². The summed E-state index contributed by atoms with van der Waals surface area (Å²) >= 11 is 0. The molecule has 0 bridgehead atoms. The van der Waals surface area contributed by atoms with Gasteiger partial charge < -0.3 is 16.0 Å². The fourth-order valence-corrected chi connectivity index (χ4v) is 2.69. The Morgan fingerprint density at radius 3 is 3.00 bits per heavy atom.